The standard InChI is InChI=1S/C19H32N6O2S/c1-3-10-23(11-4-2)14-9-20-17(27)15-7-5-12-24(15)18-21-22-19(28-18)25-13-6-8-16(25)26/h15H,3-14H2,1-2H3,(H,20,27). The minimum Gasteiger partial charge on any atom is -0.353 e. The largest absolute Gasteiger partial charge is 0.353 e. The first-order valence-corrected chi connectivity index (χ1v) is 11.4. The molecule has 2 saturated heterocycles. The molecule has 0 spiro atoms. The van der Waals surface area contributed by atoms with E-state index in [2.05, 4.69) is 34.3 Å². The number of nitrogens with one attached hydrogen (secondary N) is 1. The summed E-state index contributed by atoms with van der Waals surface area (Å²) < 4.78 is 0. The number of hydrogen-bond donors (Lipinski definition) is 1. The lowest BCUT2D eigenvalue weighted by molar-refractivity contribution is -0.122. The second-order valence-electron chi connectivity index (χ2n) is 7.50. The summed E-state index contributed by atoms with van der Waals surface area (Å²) in [5, 5.41) is 13.0. The molecule has 9 heteroatoms. The molecule has 2 aliphatic rings. The third-order valence-electron chi connectivity index (χ3n) is 5.32. The van der Waals surface area contributed by atoms with E-state index in [9.17, 15) is 9.59 Å². The van der Waals surface area contributed by atoms with Gasteiger partial charge in [0.2, 0.25) is 22.1 Å². The van der Waals surface area contributed by atoms with E-state index in [0.717, 1.165) is 63.4 Å². The molecule has 2 amide bonds. The maximum absolute atomic E-state index is 12.8. The molecule has 8 nitrogen and oxygen atoms in total. The van der Waals surface area contributed by atoms with E-state index in [1.54, 1.807) is 4.90 Å². The van der Waals surface area contributed by atoms with Crippen molar-refractivity contribution in [3.8, 4) is 0 Å². The number of carbonyl (C=O) groups is 2. The number of carbonyl (C=O) groups excluding carboxylic acids is 2. The molecule has 0 saturated carbocycles. The highest BCUT2D eigenvalue weighted by Gasteiger charge is 2.34. The Labute approximate surface area is 171 Å². The van der Waals surface area contributed by atoms with Crippen molar-refractivity contribution in [3.63, 3.8) is 0 Å². The Morgan fingerprint density at radius 3 is 2.57 bits per heavy atom. The monoisotopic (exact) mass is 408 g/mol. The van der Waals surface area contributed by atoms with Crippen LogP contribution in [0, 0.1) is 0 Å². The molecule has 1 aromatic rings. The van der Waals surface area contributed by atoms with Crippen LogP contribution in [0.2, 0.25) is 0 Å². The van der Waals surface area contributed by atoms with E-state index in [-0.39, 0.29) is 17.9 Å². The smallest absolute Gasteiger partial charge is 0.242 e. The van der Waals surface area contributed by atoms with E-state index in [1.807, 2.05) is 4.90 Å². The van der Waals surface area contributed by atoms with Gasteiger partial charge in [-0.3, -0.25) is 14.5 Å². The van der Waals surface area contributed by atoms with Gasteiger partial charge in [0, 0.05) is 32.6 Å². The van der Waals surface area contributed by atoms with Crippen LogP contribution in [0.5, 0.6) is 0 Å². The van der Waals surface area contributed by atoms with E-state index in [4.69, 9.17) is 0 Å². The Bertz CT molecular complexity index is 661. The summed E-state index contributed by atoms with van der Waals surface area (Å²) in [5.41, 5.74) is 0. The molecule has 28 heavy (non-hydrogen) atoms. The Balaban J connectivity index is 1.54. The fraction of sp³-hybridized carbons (Fsp3) is 0.789. The van der Waals surface area contributed by atoms with Gasteiger partial charge in [-0.25, -0.2) is 0 Å². The molecule has 1 atom stereocenters. The number of rotatable bonds is 10. The highest BCUT2D eigenvalue weighted by Crippen LogP contribution is 2.33. The molecule has 0 aliphatic carbocycles. The minimum atomic E-state index is -0.194. The fourth-order valence-electron chi connectivity index (χ4n) is 3.97. The second-order valence-corrected chi connectivity index (χ2v) is 8.43. The number of aromatic nitrogens is 2. The van der Waals surface area contributed by atoms with Crippen molar-refractivity contribution in [2.75, 3.05) is 49.1 Å². The van der Waals surface area contributed by atoms with E-state index < -0.39 is 0 Å². The number of hydrogen-bond acceptors (Lipinski definition) is 7. The van der Waals surface area contributed by atoms with Crippen molar-refractivity contribution in [2.45, 2.75) is 58.4 Å². The van der Waals surface area contributed by atoms with Gasteiger partial charge in [0.15, 0.2) is 0 Å². The number of nitrogens with zero attached hydrogens (tertiary/aromatic N) is 5. The van der Waals surface area contributed by atoms with Crippen LogP contribution in [0.3, 0.4) is 0 Å². The van der Waals surface area contributed by atoms with Gasteiger partial charge in [0.1, 0.15) is 6.04 Å². The van der Waals surface area contributed by atoms with Crippen molar-refractivity contribution >= 4 is 33.4 Å². The lowest BCUT2D eigenvalue weighted by Crippen LogP contribution is -2.45. The Kier molecular flexibility index (Phi) is 7.61. The van der Waals surface area contributed by atoms with E-state index in [0.29, 0.717) is 24.6 Å². The third-order valence-corrected chi connectivity index (χ3v) is 6.30. The molecule has 3 rings (SSSR count). The predicted octanol–water partition coefficient (Wildman–Crippen LogP) is 1.87. The molecule has 1 aromatic heterocycles. The first kappa shape index (κ1) is 21.0. The zero-order valence-corrected chi connectivity index (χ0v) is 17.8. The van der Waals surface area contributed by atoms with Crippen LogP contribution in [0.25, 0.3) is 0 Å². The summed E-state index contributed by atoms with van der Waals surface area (Å²) in [7, 11) is 0. The summed E-state index contributed by atoms with van der Waals surface area (Å²) in [6, 6.07) is -0.194. The van der Waals surface area contributed by atoms with Gasteiger partial charge in [-0.15, -0.1) is 10.2 Å². The predicted molar refractivity (Wildman–Crippen MR) is 112 cm³/mol. The van der Waals surface area contributed by atoms with Crippen LogP contribution in [-0.4, -0.2) is 72.2 Å². The van der Waals surface area contributed by atoms with Crippen LogP contribution in [-0.2, 0) is 9.59 Å². The molecule has 1 unspecified atom stereocenters. The lowest BCUT2D eigenvalue weighted by Gasteiger charge is -2.24. The number of anilines is 2. The first-order chi connectivity index (χ1) is 13.6. The van der Waals surface area contributed by atoms with Gasteiger partial charge >= 0.3 is 0 Å². The zero-order valence-electron chi connectivity index (χ0n) is 17.0. The topological polar surface area (TPSA) is 81.7 Å². The SMILES string of the molecule is CCCN(CCC)CCNC(=O)C1CCCN1c1nnc(N2CCCC2=O)s1. The van der Waals surface area contributed by atoms with Gasteiger partial charge in [-0.1, -0.05) is 25.2 Å². The van der Waals surface area contributed by atoms with Crippen LogP contribution < -0.4 is 15.1 Å². The fourth-order valence-corrected chi connectivity index (χ4v) is 4.94. The second kappa shape index (κ2) is 10.2. The lowest BCUT2D eigenvalue weighted by atomic mass is 10.2. The minimum absolute atomic E-state index is 0.0689. The van der Waals surface area contributed by atoms with Crippen molar-refractivity contribution in [1.29, 1.82) is 0 Å². The van der Waals surface area contributed by atoms with Crippen LogP contribution in [0.1, 0.15) is 52.4 Å². The molecule has 0 radical (unpaired) electrons. The quantitative estimate of drug-likeness (QED) is 0.637. The van der Waals surface area contributed by atoms with Crippen molar-refractivity contribution in [3.05, 3.63) is 0 Å². The van der Waals surface area contributed by atoms with E-state index >= 15 is 0 Å². The highest BCUT2D eigenvalue weighted by molar-refractivity contribution is 7.19. The summed E-state index contributed by atoms with van der Waals surface area (Å²) in [6.45, 7) is 9.59. The van der Waals surface area contributed by atoms with Gasteiger partial charge in [-0.05, 0) is 45.2 Å². The van der Waals surface area contributed by atoms with Crippen LogP contribution >= 0.6 is 11.3 Å². The third kappa shape index (κ3) is 5.00. The summed E-state index contributed by atoms with van der Waals surface area (Å²) >= 11 is 1.41. The molecule has 0 aromatic carbocycles. The summed E-state index contributed by atoms with van der Waals surface area (Å²) in [5.74, 6) is 0.182. The molecular weight excluding hydrogens is 376 g/mol. The Hall–Kier alpha value is -1.74. The van der Waals surface area contributed by atoms with Crippen LogP contribution in [0.4, 0.5) is 10.3 Å². The van der Waals surface area contributed by atoms with Crippen molar-refractivity contribution in [2.24, 2.45) is 0 Å². The molecule has 1 N–H and O–H groups in total. The maximum atomic E-state index is 12.8. The molecular formula is C19H32N6O2S. The summed E-state index contributed by atoms with van der Waals surface area (Å²) in [6.07, 6.45) is 5.50. The highest BCUT2D eigenvalue weighted by atomic mass is 32.1. The average molecular weight is 409 g/mol. The Morgan fingerprint density at radius 1 is 1.14 bits per heavy atom. The van der Waals surface area contributed by atoms with Gasteiger partial charge in [0.05, 0.1) is 0 Å². The van der Waals surface area contributed by atoms with Crippen molar-refractivity contribution in [1.82, 2.24) is 20.4 Å². The number of amides is 2. The molecule has 2 aliphatic heterocycles. The molecule has 0 bridgehead atoms. The van der Waals surface area contributed by atoms with Gasteiger partial charge in [0.25, 0.3) is 0 Å². The van der Waals surface area contributed by atoms with Crippen LogP contribution in [0.15, 0.2) is 0 Å². The average Bonchev–Trinajstić information content (AvgIpc) is 3.41. The normalized spacial score (nSPS) is 19.8. The molecule has 156 valence electrons. The molecule has 2 fully saturated rings. The van der Waals surface area contributed by atoms with Gasteiger partial charge in [-0.2, -0.15) is 0 Å². The molecule has 3 heterocycles. The first-order valence-electron chi connectivity index (χ1n) is 10.5. The van der Waals surface area contributed by atoms with Gasteiger partial charge < -0.3 is 15.1 Å². The Morgan fingerprint density at radius 2 is 1.89 bits per heavy atom. The van der Waals surface area contributed by atoms with E-state index in [1.165, 1.54) is 11.3 Å². The maximum Gasteiger partial charge on any atom is 0.242 e. The van der Waals surface area contributed by atoms with Crippen molar-refractivity contribution < 1.29 is 9.59 Å². The zero-order chi connectivity index (χ0) is 19.9. The summed E-state index contributed by atoms with van der Waals surface area (Å²) in [4.78, 5) is 30.8.